The summed E-state index contributed by atoms with van der Waals surface area (Å²) in [5.41, 5.74) is 2.64. The van der Waals surface area contributed by atoms with Gasteiger partial charge in [0.05, 0.1) is 0 Å². The third-order valence-corrected chi connectivity index (χ3v) is 3.01. The van der Waals surface area contributed by atoms with Gasteiger partial charge in [-0.1, -0.05) is 18.6 Å². The number of hydrogen-bond acceptors (Lipinski definition) is 1. The summed E-state index contributed by atoms with van der Waals surface area (Å²) in [6.07, 6.45) is 7.92. The number of phenolic OH excluding ortho intramolecular Hbond substituents is 1. The van der Waals surface area contributed by atoms with E-state index in [0.29, 0.717) is 5.75 Å². The molecule has 0 radical (unpaired) electrons. The van der Waals surface area contributed by atoms with Crippen LogP contribution in [-0.2, 0) is 12.8 Å². The molecule has 2 nitrogen and oxygen atoms in total. The van der Waals surface area contributed by atoms with E-state index in [9.17, 15) is 0 Å². The summed E-state index contributed by atoms with van der Waals surface area (Å²) in [5.74, 6) is 0.348. The van der Waals surface area contributed by atoms with E-state index in [1.54, 1.807) is 12.1 Å². The van der Waals surface area contributed by atoms with E-state index < -0.39 is 0 Å². The van der Waals surface area contributed by atoms with Crippen molar-refractivity contribution >= 4 is 0 Å². The van der Waals surface area contributed by atoms with Crippen LogP contribution in [-0.4, -0.2) is 10.1 Å². The molecule has 1 heterocycles. The summed E-state index contributed by atoms with van der Waals surface area (Å²) >= 11 is 0. The van der Waals surface area contributed by atoms with Crippen LogP contribution < -0.4 is 0 Å². The summed E-state index contributed by atoms with van der Waals surface area (Å²) in [7, 11) is 0. The standard InChI is InChI=1S/C15H19NO/c17-15-10-8-13(9-11-15)5-2-1-3-6-14-7-4-12-16-14/h4,7-12,16-17H,1-3,5-6H2. The number of aromatic amines is 1. The number of H-pyrrole nitrogens is 1. The summed E-state index contributed by atoms with van der Waals surface area (Å²) < 4.78 is 0. The Balaban J connectivity index is 1.61. The number of aromatic hydroxyl groups is 1. The second-order valence-corrected chi connectivity index (χ2v) is 4.42. The largest absolute Gasteiger partial charge is 0.508 e. The molecule has 1 aromatic carbocycles. The number of unbranched alkanes of at least 4 members (excludes halogenated alkanes) is 2. The summed E-state index contributed by atoms with van der Waals surface area (Å²) in [6.45, 7) is 0. The lowest BCUT2D eigenvalue weighted by molar-refractivity contribution is 0.475. The van der Waals surface area contributed by atoms with Crippen molar-refractivity contribution in [1.82, 2.24) is 4.98 Å². The molecule has 0 spiro atoms. The normalized spacial score (nSPS) is 10.6. The molecule has 2 heteroatoms. The van der Waals surface area contributed by atoms with Gasteiger partial charge < -0.3 is 10.1 Å². The van der Waals surface area contributed by atoms with Crippen molar-refractivity contribution in [1.29, 1.82) is 0 Å². The first kappa shape index (κ1) is 11.8. The number of aromatic nitrogens is 1. The fourth-order valence-electron chi connectivity index (χ4n) is 2.01. The van der Waals surface area contributed by atoms with Crippen LogP contribution in [0, 0.1) is 0 Å². The Morgan fingerprint density at radius 2 is 1.65 bits per heavy atom. The van der Waals surface area contributed by atoms with Gasteiger partial charge in [-0.05, 0) is 55.5 Å². The number of nitrogens with one attached hydrogen (secondary N) is 1. The van der Waals surface area contributed by atoms with E-state index in [4.69, 9.17) is 5.11 Å². The maximum Gasteiger partial charge on any atom is 0.115 e. The quantitative estimate of drug-likeness (QED) is 0.728. The van der Waals surface area contributed by atoms with E-state index in [-0.39, 0.29) is 0 Å². The Hall–Kier alpha value is -1.70. The third-order valence-electron chi connectivity index (χ3n) is 3.01. The van der Waals surface area contributed by atoms with Crippen LogP contribution in [0.4, 0.5) is 0 Å². The van der Waals surface area contributed by atoms with Gasteiger partial charge in [0.15, 0.2) is 0 Å². The highest BCUT2D eigenvalue weighted by Gasteiger charge is 1.96. The van der Waals surface area contributed by atoms with E-state index in [2.05, 4.69) is 11.1 Å². The first-order chi connectivity index (χ1) is 8.34. The lowest BCUT2D eigenvalue weighted by atomic mass is 10.1. The summed E-state index contributed by atoms with van der Waals surface area (Å²) in [6, 6.07) is 11.7. The lowest BCUT2D eigenvalue weighted by Gasteiger charge is -2.02. The molecule has 17 heavy (non-hydrogen) atoms. The Bertz CT molecular complexity index is 417. The molecule has 90 valence electrons. The lowest BCUT2D eigenvalue weighted by Crippen LogP contribution is -1.88. The van der Waals surface area contributed by atoms with Crippen molar-refractivity contribution in [3.8, 4) is 5.75 Å². The van der Waals surface area contributed by atoms with E-state index in [1.165, 1.54) is 30.5 Å². The maximum atomic E-state index is 9.17. The van der Waals surface area contributed by atoms with E-state index in [1.807, 2.05) is 24.4 Å². The minimum Gasteiger partial charge on any atom is -0.508 e. The molecule has 0 unspecified atom stereocenters. The molecule has 0 saturated carbocycles. The van der Waals surface area contributed by atoms with Crippen LogP contribution in [0.3, 0.4) is 0 Å². The number of rotatable bonds is 6. The molecule has 0 amide bonds. The Labute approximate surface area is 102 Å². The van der Waals surface area contributed by atoms with Gasteiger partial charge in [0.25, 0.3) is 0 Å². The minimum absolute atomic E-state index is 0.348. The summed E-state index contributed by atoms with van der Waals surface area (Å²) in [4.78, 5) is 3.22. The SMILES string of the molecule is Oc1ccc(CCCCCc2ccc[nH]2)cc1. The van der Waals surface area contributed by atoms with Crippen molar-refractivity contribution in [2.24, 2.45) is 0 Å². The first-order valence-corrected chi connectivity index (χ1v) is 6.25. The van der Waals surface area contributed by atoms with Gasteiger partial charge in [-0.3, -0.25) is 0 Å². The van der Waals surface area contributed by atoms with Gasteiger partial charge >= 0.3 is 0 Å². The molecular formula is C15H19NO. The predicted octanol–water partition coefficient (Wildman–Crippen LogP) is 3.68. The second-order valence-electron chi connectivity index (χ2n) is 4.42. The maximum absolute atomic E-state index is 9.17. The molecule has 0 aliphatic heterocycles. The smallest absolute Gasteiger partial charge is 0.115 e. The van der Waals surface area contributed by atoms with Crippen molar-refractivity contribution in [2.75, 3.05) is 0 Å². The van der Waals surface area contributed by atoms with Crippen molar-refractivity contribution in [2.45, 2.75) is 32.1 Å². The molecule has 0 bridgehead atoms. The van der Waals surface area contributed by atoms with Crippen molar-refractivity contribution in [3.63, 3.8) is 0 Å². The van der Waals surface area contributed by atoms with E-state index in [0.717, 1.165) is 12.8 Å². The number of hydrogen-bond donors (Lipinski definition) is 2. The van der Waals surface area contributed by atoms with Crippen LogP contribution >= 0.6 is 0 Å². The third kappa shape index (κ3) is 3.99. The van der Waals surface area contributed by atoms with Gasteiger partial charge in [-0.15, -0.1) is 0 Å². The number of benzene rings is 1. The Morgan fingerprint density at radius 3 is 2.35 bits per heavy atom. The van der Waals surface area contributed by atoms with Gasteiger partial charge in [0, 0.05) is 11.9 Å². The zero-order chi connectivity index (χ0) is 11.9. The highest BCUT2D eigenvalue weighted by Crippen LogP contribution is 2.13. The van der Waals surface area contributed by atoms with E-state index >= 15 is 0 Å². The Kier molecular flexibility index (Phi) is 4.25. The second kappa shape index (κ2) is 6.14. The monoisotopic (exact) mass is 229 g/mol. The highest BCUT2D eigenvalue weighted by atomic mass is 16.3. The van der Waals surface area contributed by atoms with Crippen LogP contribution in [0.1, 0.15) is 30.5 Å². The zero-order valence-electron chi connectivity index (χ0n) is 10.0. The van der Waals surface area contributed by atoms with Gasteiger partial charge in [-0.2, -0.15) is 0 Å². The fourth-order valence-corrected chi connectivity index (χ4v) is 2.01. The van der Waals surface area contributed by atoms with Crippen LogP contribution in [0.25, 0.3) is 0 Å². The summed E-state index contributed by atoms with van der Waals surface area (Å²) in [5, 5.41) is 9.17. The average molecular weight is 229 g/mol. The molecule has 0 aliphatic rings. The molecule has 0 aliphatic carbocycles. The van der Waals surface area contributed by atoms with Gasteiger partial charge in [0.1, 0.15) is 5.75 Å². The molecule has 2 rings (SSSR count). The predicted molar refractivity (Wildman–Crippen MR) is 70.2 cm³/mol. The average Bonchev–Trinajstić information content (AvgIpc) is 2.84. The topological polar surface area (TPSA) is 36.0 Å². The molecule has 0 atom stereocenters. The van der Waals surface area contributed by atoms with Crippen LogP contribution in [0.2, 0.25) is 0 Å². The molecular weight excluding hydrogens is 210 g/mol. The fraction of sp³-hybridized carbons (Fsp3) is 0.333. The van der Waals surface area contributed by atoms with Crippen LogP contribution in [0.5, 0.6) is 5.75 Å². The van der Waals surface area contributed by atoms with Crippen LogP contribution in [0.15, 0.2) is 42.6 Å². The highest BCUT2D eigenvalue weighted by molar-refractivity contribution is 5.25. The van der Waals surface area contributed by atoms with Gasteiger partial charge in [0.2, 0.25) is 0 Å². The first-order valence-electron chi connectivity index (χ1n) is 6.25. The molecule has 1 aromatic heterocycles. The number of aryl methyl sites for hydroxylation is 2. The zero-order valence-corrected chi connectivity index (χ0v) is 10.0. The Morgan fingerprint density at radius 1 is 0.882 bits per heavy atom. The van der Waals surface area contributed by atoms with Crippen molar-refractivity contribution in [3.05, 3.63) is 53.9 Å². The minimum atomic E-state index is 0.348. The van der Waals surface area contributed by atoms with Crippen molar-refractivity contribution < 1.29 is 5.11 Å². The molecule has 2 aromatic rings. The van der Waals surface area contributed by atoms with Gasteiger partial charge in [-0.25, -0.2) is 0 Å². The molecule has 0 saturated heterocycles. The molecule has 2 N–H and O–H groups in total. The number of phenols is 1. The molecule has 0 fully saturated rings.